The van der Waals surface area contributed by atoms with Crippen molar-refractivity contribution in [3.05, 3.63) is 63.2 Å². The first-order valence-electron chi connectivity index (χ1n) is 6.60. The zero-order valence-corrected chi connectivity index (χ0v) is 12.2. The lowest BCUT2D eigenvalue weighted by molar-refractivity contribution is -0.385. The van der Waals surface area contributed by atoms with E-state index in [0.29, 0.717) is 11.3 Å². The van der Waals surface area contributed by atoms with Crippen LogP contribution in [0.1, 0.15) is 29.7 Å². The predicted octanol–water partition coefficient (Wildman–Crippen LogP) is 4.06. The van der Waals surface area contributed by atoms with Gasteiger partial charge in [0.1, 0.15) is 5.75 Å². The van der Waals surface area contributed by atoms with Gasteiger partial charge < -0.3 is 9.84 Å². The van der Waals surface area contributed by atoms with Crippen LogP contribution in [0, 0.1) is 24.0 Å². The molecule has 0 saturated carbocycles. The summed E-state index contributed by atoms with van der Waals surface area (Å²) in [5.41, 5.74) is 2.31. The number of nitro groups is 1. The van der Waals surface area contributed by atoms with Gasteiger partial charge in [0, 0.05) is 6.07 Å². The van der Waals surface area contributed by atoms with Crippen molar-refractivity contribution in [1.82, 2.24) is 0 Å². The molecule has 0 saturated heterocycles. The van der Waals surface area contributed by atoms with Crippen LogP contribution < -0.4 is 4.74 Å². The summed E-state index contributed by atoms with van der Waals surface area (Å²) in [4.78, 5) is 10.7. The van der Waals surface area contributed by atoms with E-state index < -0.39 is 11.0 Å². The number of aliphatic hydroxyl groups excluding tert-OH is 1. The van der Waals surface area contributed by atoms with Crippen LogP contribution >= 0.6 is 0 Å². The van der Waals surface area contributed by atoms with Gasteiger partial charge in [-0.2, -0.15) is 0 Å². The highest BCUT2D eigenvalue weighted by Crippen LogP contribution is 2.35. The maximum atomic E-state index is 11.2. The number of rotatable bonds is 4. The SMILES string of the molecule is Cc1cccc(Oc2ccc([C@@H](C)O)cc2[N+](=O)[O-])c1C. The smallest absolute Gasteiger partial charge is 0.311 e. The molecule has 21 heavy (non-hydrogen) atoms. The maximum Gasteiger partial charge on any atom is 0.311 e. The second kappa shape index (κ2) is 5.93. The van der Waals surface area contributed by atoms with E-state index in [0.717, 1.165) is 11.1 Å². The van der Waals surface area contributed by atoms with E-state index in [9.17, 15) is 15.2 Å². The van der Waals surface area contributed by atoms with E-state index in [1.807, 2.05) is 26.0 Å². The molecule has 2 aromatic rings. The lowest BCUT2D eigenvalue weighted by atomic mass is 10.1. The van der Waals surface area contributed by atoms with Crippen molar-refractivity contribution in [1.29, 1.82) is 0 Å². The van der Waals surface area contributed by atoms with Crippen LogP contribution in [0.4, 0.5) is 5.69 Å². The highest BCUT2D eigenvalue weighted by atomic mass is 16.6. The van der Waals surface area contributed by atoms with E-state index in [-0.39, 0.29) is 11.4 Å². The Morgan fingerprint density at radius 1 is 1.19 bits per heavy atom. The molecule has 0 spiro atoms. The summed E-state index contributed by atoms with van der Waals surface area (Å²) in [5.74, 6) is 0.751. The summed E-state index contributed by atoms with van der Waals surface area (Å²) in [6.45, 7) is 5.41. The Labute approximate surface area is 123 Å². The molecule has 0 radical (unpaired) electrons. The normalized spacial score (nSPS) is 12.0. The van der Waals surface area contributed by atoms with Gasteiger partial charge in [0.15, 0.2) is 0 Å². The number of aryl methyl sites for hydroxylation is 1. The molecule has 0 fully saturated rings. The van der Waals surface area contributed by atoms with Crippen LogP contribution in [0.25, 0.3) is 0 Å². The molecule has 0 heterocycles. The summed E-state index contributed by atoms with van der Waals surface area (Å²) in [6, 6.07) is 10.0. The van der Waals surface area contributed by atoms with Gasteiger partial charge in [-0.15, -0.1) is 0 Å². The number of benzene rings is 2. The first kappa shape index (κ1) is 15.0. The molecule has 0 aliphatic rings. The molecule has 1 N–H and O–H groups in total. The van der Waals surface area contributed by atoms with Crippen molar-refractivity contribution in [2.75, 3.05) is 0 Å². The lowest BCUT2D eigenvalue weighted by Gasteiger charge is -2.12. The second-order valence-corrected chi connectivity index (χ2v) is 4.96. The van der Waals surface area contributed by atoms with Crippen molar-refractivity contribution in [2.24, 2.45) is 0 Å². The van der Waals surface area contributed by atoms with Crippen LogP contribution in [0.3, 0.4) is 0 Å². The Kier molecular flexibility index (Phi) is 4.23. The fourth-order valence-corrected chi connectivity index (χ4v) is 1.98. The molecular formula is C16H17NO4. The molecular weight excluding hydrogens is 270 g/mol. The maximum absolute atomic E-state index is 11.2. The monoisotopic (exact) mass is 287 g/mol. The van der Waals surface area contributed by atoms with Crippen molar-refractivity contribution in [3.8, 4) is 11.5 Å². The van der Waals surface area contributed by atoms with Gasteiger partial charge in [-0.3, -0.25) is 10.1 Å². The first-order chi connectivity index (χ1) is 9.90. The Balaban J connectivity index is 2.44. The van der Waals surface area contributed by atoms with Gasteiger partial charge in [0.2, 0.25) is 5.75 Å². The third kappa shape index (κ3) is 3.20. The van der Waals surface area contributed by atoms with Crippen molar-refractivity contribution < 1.29 is 14.8 Å². The van der Waals surface area contributed by atoms with Gasteiger partial charge in [0.05, 0.1) is 11.0 Å². The van der Waals surface area contributed by atoms with E-state index in [1.54, 1.807) is 19.1 Å². The van der Waals surface area contributed by atoms with Crippen LogP contribution in [-0.2, 0) is 0 Å². The van der Waals surface area contributed by atoms with Crippen LogP contribution in [-0.4, -0.2) is 10.0 Å². The van der Waals surface area contributed by atoms with Crippen LogP contribution in [0.2, 0.25) is 0 Å². The zero-order valence-electron chi connectivity index (χ0n) is 12.2. The molecule has 5 heteroatoms. The third-order valence-corrected chi connectivity index (χ3v) is 3.44. The average Bonchev–Trinajstić information content (AvgIpc) is 2.43. The summed E-state index contributed by atoms with van der Waals surface area (Å²) in [6.07, 6.45) is -0.765. The number of hydrogen-bond donors (Lipinski definition) is 1. The summed E-state index contributed by atoms with van der Waals surface area (Å²) in [7, 11) is 0. The topological polar surface area (TPSA) is 72.6 Å². The number of aliphatic hydroxyl groups is 1. The Hall–Kier alpha value is -2.40. The largest absolute Gasteiger partial charge is 0.450 e. The van der Waals surface area contributed by atoms with Crippen LogP contribution in [0.15, 0.2) is 36.4 Å². The minimum atomic E-state index is -0.765. The molecule has 0 aliphatic heterocycles. The third-order valence-electron chi connectivity index (χ3n) is 3.44. The molecule has 110 valence electrons. The number of nitro benzene ring substituents is 1. The minimum Gasteiger partial charge on any atom is -0.450 e. The standard InChI is InChI=1S/C16H17NO4/c1-10-5-4-6-15(11(10)2)21-16-8-7-13(12(3)18)9-14(16)17(19)20/h4-9,12,18H,1-3H3/t12-/m1/s1. The summed E-state index contributed by atoms with van der Waals surface area (Å²) < 4.78 is 5.69. The van der Waals surface area contributed by atoms with Crippen molar-refractivity contribution >= 4 is 5.69 Å². The highest BCUT2D eigenvalue weighted by Gasteiger charge is 2.19. The van der Waals surface area contributed by atoms with Crippen molar-refractivity contribution in [2.45, 2.75) is 26.9 Å². The van der Waals surface area contributed by atoms with Gasteiger partial charge in [-0.05, 0) is 49.6 Å². The van der Waals surface area contributed by atoms with E-state index >= 15 is 0 Å². The molecule has 0 aliphatic carbocycles. The van der Waals surface area contributed by atoms with E-state index in [2.05, 4.69) is 0 Å². The molecule has 5 nitrogen and oxygen atoms in total. The molecule has 0 unspecified atom stereocenters. The Morgan fingerprint density at radius 2 is 1.90 bits per heavy atom. The highest BCUT2D eigenvalue weighted by molar-refractivity contribution is 5.52. The number of ether oxygens (including phenoxy) is 1. The van der Waals surface area contributed by atoms with Gasteiger partial charge in [-0.25, -0.2) is 0 Å². The Bertz CT molecular complexity index is 680. The first-order valence-corrected chi connectivity index (χ1v) is 6.60. The molecule has 2 rings (SSSR count). The molecule has 1 atom stereocenters. The lowest BCUT2D eigenvalue weighted by Crippen LogP contribution is -1.98. The van der Waals surface area contributed by atoms with E-state index in [1.165, 1.54) is 12.1 Å². The number of nitrogens with zero attached hydrogens (tertiary/aromatic N) is 1. The minimum absolute atomic E-state index is 0.158. The second-order valence-electron chi connectivity index (χ2n) is 4.96. The molecule has 0 amide bonds. The van der Waals surface area contributed by atoms with Crippen LogP contribution in [0.5, 0.6) is 11.5 Å². The average molecular weight is 287 g/mol. The Morgan fingerprint density at radius 3 is 2.52 bits per heavy atom. The fourth-order valence-electron chi connectivity index (χ4n) is 1.98. The molecule has 0 aromatic heterocycles. The summed E-state index contributed by atoms with van der Waals surface area (Å²) in [5, 5.41) is 20.7. The zero-order chi connectivity index (χ0) is 15.6. The summed E-state index contributed by atoms with van der Waals surface area (Å²) >= 11 is 0. The van der Waals surface area contributed by atoms with Gasteiger partial charge in [0.25, 0.3) is 0 Å². The van der Waals surface area contributed by atoms with Gasteiger partial charge >= 0.3 is 5.69 Å². The number of hydrogen-bond acceptors (Lipinski definition) is 4. The van der Waals surface area contributed by atoms with E-state index in [4.69, 9.17) is 4.74 Å². The predicted molar refractivity (Wildman–Crippen MR) is 79.7 cm³/mol. The molecule has 0 bridgehead atoms. The van der Waals surface area contributed by atoms with Gasteiger partial charge in [-0.1, -0.05) is 18.2 Å². The van der Waals surface area contributed by atoms with Crippen molar-refractivity contribution in [3.63, 3.8) is 0 Å². The molecule has 2 aromatic carbocycles. The fraction of sp³-hybridized carbons (Fsp3) is 0.250. The quantitative estimate of drug-likeness (QED) is 0.680.